The number of carbonyl (C=O) groups is 2. The zero-order valence-electron chi connectivity index (χ0n) is 12.2. The van der Waals surface area contributed by atoms with Crippen molar-refractivity contribution in [1.82, 2.24) is 15.2 Å². The van der Waals surface area contributed by atoms with Gasteiger partial charge in [-0.1, -0.05) is 11.3 Å². The first kappa shape index (κ1) is 14.7. The summed E-state index contributed by atoms with van der Waals surface area (Å²) >= 11 is 2.78. The van der Waals surface area contributed by atoms with E-state index in [-0.39, 0.29) is 24.2 Å². The fourth-order valence-corrected chi connectivity index (χ4v) is 3.75. The summed E-state index contributed by atoms with van der Waals surface area (Å²) in [6.45, 7) is 0. The largest absolute Gasteiger partial charge is 0.302 e. The molecule has 2 heterocycles. The second-order valence-electron chi connectivity index (χ2n) is 5.85. The van der Waals surface area contributed by atoms with Gasteiger partial charge in [0, 0.05) is 17.2 Å². The highest BCUT2D eigenvalue weighted by Crippen LogP contribution is 2.42. The molecule has 120 valence electrons. The second kappa shape index (κ2) is 5.97. The van der Waals surface area contributed by atoms with E-state index >= 15 is 0 Å². The van der Waals surface area contributed by atoms with E-state index in [2.05, 4.69) is 25.8 Å². The average Bonchev–Trinajstić information content (AvgIpc) is 3.44. The molecule has 2 saturated carbocycles. The van der Waals surface area contributed by atoms with Gasteiger partial charge in [0.2, 0.25) is 16.9 Å². The number of nitrogens with zero attached hydrogens (tertiary/aromatic N) is 3. The summed E-state index contributed by atoms with van der Waals surface area (Å²) in [5.41, 5.74) is 0.644. The Bertz CT molecular complexity index is 748. The van der Waals surface area contributed by atoms with E-state index in [4.69, 9.17) is 0 Å². The van der Waals surface area contributed by atoms with E-state index in [0.717, 1.165) is 30.7 Å². The topological polar surface area (TPSA) is 96.9 Å². The van der Waals surface area contributed by atoms with Crippen LogP contribution >= 0.6 is 22.7 Å². The molecular formula is C14H15N5O2S2. The van der Waals surface area contributed by atoms with E-state index in [0.29, 0.717) is 21.9 Å². The van der Waals surface area contributed by atoms with Gasteiger partial charge in [-0.05, 0) is 25.7 Å². The zero-order chi connectivity index (χ0) is 15.8. The number of anilines is 2. The van der Waals surface area contributed by atoms with Crippen molar-refractivity contribution in [2.75, 3.05) is 10.6 Å². The average molecular weight is 349 g/mol. The van der Waals surface area contributed by atoms with Gasteiger partial charge in [-0.3, -0.25) is 9.59 Å². The standard InChI is InChI=1S/C14H15N5O2S2/c20-10(16-14-19-18-12(23-14)8-3-4-8)5-9-6-22-13(15-9)17-11(21)7-1-2-7/h6-8H,1-5H2,(H,15,17,21)(H,16,19,20). The maximum Gasteiger partial charge on any atom is 0.232 e. The summed E-state index contributed by atoms with van der Waals surface area (Å²) in [7, 11) is 0. The Kier molecular flexibility index (Phi) is 3.82. The van der Waals surface area contributed by atoms with Crippen LogP contribution in [-0.4, -0.2) is 27.0 Å². The van der Waals surface area contributed by atoms with E-state index in [1.807, 2.05) is 0 Å². The van der Waals surface area contributed by atoms with Gasteiger partial charge in [0.1, 0.15) is 5.01 Å². The monoisotopic (exact) mass is 349 g/mol. The molecule has 2 N–H and O–H groups in total. The number of thiazole rings is 1. The highest BCUT2D eigenvalue weighted by molar-refractivity contribution is 7.15. The molecule has 2 fully saturated rings. The lowest BCUT2D eigenvalue weighted by molar-refractivity contribution is -0.117. The number of carbonyl (C=O) groups excluding carboxylic acids is 2. The second-order valence-corrected chi connectivity index (χ2v) is 7.72. The lowest BCUT2D eigenvalue weighted by Crippen LogP contribution is -2.15. The molecule has 9 heteroatoms. The fraction of sp³-hybridized carbons (Fsp3) is 0.500. The van der Waals surface area contributed by atoms with Gasteiger partial charge in [-0.25, -0.2) is 4.98 Å². The van der Waals surface area contributed by atoms with Crippen LogP contribution in [0.15, 0.2) is 5.38 Å². The summed E-state index contributed by atoms with van der Waals surface area (Å²) in [6, 6.07) is 0. The van der Waals surface area contributed by atoms with Gasteiger partial charge < -0.3 is 10.6 Å². The molecule has 0 radical (unpaired) electrons. The van der Waals surface area contributed by atoms with Crippen molar-refractivity contribution in [3.05, 3.63) is 16.1 Å². The summed E-state index contributed by atoms with van der Waals surface area (Å²) in [5, 5.41) is 17.5. The SMILES string of the molecule is O=C(Cc1csc(NC(=O)C2CC2)n1)Nc1nnc(C2CC2)s1. The van der Waals surface area contributed by atoms with Crippen molar-refractivity contribution in [2.45, 2.75) is 38.0 Å². The molecule has 2 aliphatic carbocycles. The van der Waals surface area contributed by atoms with Crippen molar-refractivity contribution in [1.29, 1.82) is 0 Å². The predicted octanol–water partition coefficient (Wildman–Crippen LogP) is 2.40. The number of amides is 2. The highest BCUT2D eigenvalue weighted by Gasteiger charge is 2.30. The van der Waals surface area contributed by atoms with Crippen molar-refractivity contribution in [3.63, 3.8) is 0 Å². The molecule has 2 amide bonds. The van der Waals surface area contributed by atoms with Gasteiger partial charge in [0.25, 0.3) is 0 Å². The van der Waals surface area contributed by atoms with E-state index in [1.165, 1.54) is 22.7 Å². The minimum atomic E-state index is -0.172. The Morgan fingerprint density at radius 3 is 2.70 bits per heavy atom. The Morgan fingerprint density at radius 2 is 1.96 bits per heavy atom. The van der Waals surface area contributed by atoms with Crippen LogP contribution in [0.2, 0.25) is 0 Å². The Balaban J connectivity index is 1.30. The van der Waals surface area contributed by atoms with Crippen LogP contribution < -0.4 is 10.6 Å². The van der Waals surface area contributed by atoms with Crippen LogP contribution in [0.1, 0.15) is 42.3 Å². The quantitative estimate of drug-likeness (QED) is 0.835. The summed E-state index contributed by atoms with van der Waals surface area (Å²) < 4.78 is 0. The van der Waals surface area contributed by atoms with Crippen molar-refractivity contribution >= 4 is 44.8 Å². The molecule has 0 aromatic carbocycles. The summed E-state index contributed by atoms with van der Waals surface area (Å²) in [6.07, 6.45) is 4.40. The Hall–Kier alpha value is -1.87. The molecule has 2 aromatic rings. The number of rotatable bonds is 6. The Morgan fingerprint density at radius 1 is 1.13 bits per heavy atom. The van der Waals surface area contributed by atoms with Gasteiger partial charge in [0.15, 0.2) is 5.13 Å². The molecule has 7 nitrogen and oxygen atoms in total. The molecule has 2 aromatic heterocycles. The minimum absolute atomic E-state index is 0.0248. The van der Waals surface area contributed by atoms with Crippen molar-refractivity contribution in [2.24, 2.45) is 5.92 Å². The first-order valence-corrected chi connectivity index (χ1v) is 9.25. The molecule has 0 unspecified atom stereocenters. The molecule has 0 spiro atoms. The van der Waals surface area contributed by atoms with Crippen LogP contribution in [0.4, 0.5) is 10.3 Å². The highest BCUT2D eigenvalue weighted by atomic mass is 32.1. The van der Waals surface area contributed by atoms with Gasteiger partial charge in [-0.15, -0.1) is 21.5 Å². The first-order valence-electron chi connectivity index (χ1n) is 7.56. The molecule has 0 bridgehead atoms. The molecule has 23 heavy (non-hydrogen) atoms. The van der Waals surface area contributed by atoms with E-state index in [9.17, 15) is 9.59 Å². The van der Waals surface area contributed by atoms with Crippen LogP contribution in [0.5, 0.6) is 0 Å². The normalized spacial score (nSPS) is 17.0. The third kappa shape index (κ3) is 3.73. The van der Waals surface area contributed by atoms with Gasteiger partial charge in [-0.2, -0.15) is 0 Å². The minimum Gasteiger partial charge on any atom is -0.302 e. The number of nitrogens with one attached hydrogen (secondary N) is 2. The van der Waals surface area contributed by atoms with Crippen molar-refractivity contribution in [3.8, 4) is 0 Å². The maximum absolute atomic E-state index is 12.0. The molecule has 0 aliphatic heterocycles. The van der Waals surface area contributed by atoms with Crippen LogP contribution in [0, 0.1) is 5.92 Å². The van der Waals surface area contributed by atoms with Gasteiger partial charge >= 0.3 is 0 Å². The molecule has 0 atom stereocenters. The predicted molar refractivity (Wildman–Crippen MR) is 87.7 cm³/mol. The molecule has 4 rings (SSSR count). The summed E-state index contributed by atoms with van der Waals surface area (Å²) in [4.78, 5) is 28.0. The van der Waals surface area contributed by atoms with Gasteiger partial charge in [0.05, 0.1) is 12.1 Å². The molecule has 2 aliphatic rings. The lowest BCUT2D eigenvalue weighted by atomic mass is 10.3. The van der Waals surface area contributed by atoms with E-state index < -0.39 is 0 Å². The molecular weight excluding hydrogens is 334 g/mol. The third-order valence-corrected chi connectivity index (χ3v) is 5.49. The summed E-state index contributed by atoms with van der Waals surface area (Å²) in [5.74, 6) is 0.531. The smallest absolute Gasteiger partial charge is 0.232 e. The van der Waals surface area contributed by atoms with Crippen LogP contribution in [0.3, 0.4) is 0 Å². The van der Waals surface area contributed by atoms with Crippen LogP contribution in [-0.2, 0) is 16.0 Å². The van der Waals surface area contributed by atoms with Crippen LogP contribution in [0.25, 0.3) is 0 Å². The maximum atomic E-state index is 12.0. The lowest BCUT2D eigenvalue weighted by Gasteiger charge is -1.99. The number of hydrogen-bond acceptors (Lipinski definition) is 7. The van der Waals surface area contributed by atoms with Crippen molar-refractivity contribution < 1.29 is 9.59 Å². The number of aromatic nitrogens is 3. The first-order chi connectivity index (χ1) is 11.2. The zero-order valence-corrected chi connectivity index (χ0v) is 13.9. The number of hydrogen-bond donors (Lipinski definition) is 2. The Labute approximate surface area is 140 Å². The fourth-order valence-electron chi connectivity index (χ4n) is 2.11. The molecule has 0 saturated heterocycles. The third-order valence-electron chi connectivity index (χ3n) is 3.69. The van der Waals surface area contributed by atoms with E-state index in [1.54, 1.807) is 5.38 Å².